The standard InChI is InChI=1S/C34H41N7O5S/c1-23-27(28-8-5-10-30(24(28)2)41-34(44)32-14-12-26(22-38-32)20-36-17-18-42)7-4-9-29(23)40-33(43)31-13-11-25(21-37-31)19-35-15-6-16-39-47(3,45)46/h4-5,7-14,21-22,35-36,39,42H,6,15-20H2,1-3H3,(H,40,43)(H,41,44). The Morgan fingerprint density at radius 1 is 0.702 bits per heavy atom. The SMILES string of the molecule is Cc1c(NC(=O)c2ccc(CNCCO)cn2)cccc1-c1cccc(NC(=O)c2ccc(CNCCCNS(C)(=O)=O)cn2)c1C. The Labute approximate surface area is 275 Å². The number of amides is 2. The van der Waals surface area contributed by atoms with E-state index < -0.39 is 10.0 Å². The summed E-state index contributed by atoms with van der Waals surface area (Å²) in [6.07, 6.45) is 5.06. The van der Waals surface area contributed by atoms with Gasteiger partial charge in [-0.2, -0.15) is 0 Å². The quantitative estimate of drug-likeness (QED) is 0.0986. The lowest BCUT2D eigenvalue weighted by atomic mass is 9.94. The second-order valence-corrected chi connectivity index (χ2v) is 12.9. The molecule has 0 atom stereocenters. The summed E-state index contributed by atoms with van der Waals surface area (Å²) in [6.45, 7) is 6.49. The highest BCUT2D eigenvalue weighted by atomic mass is 32.2. The van der Waals surface area contributed by atoms with Crippen molar-refractivity contribution in [1.82, 2.24) is 25.3 Å². The van der Waals surface area contributed by atoms with Gasteiger partial charge in [0, 0.05) is 49.9 Å². The molecule has 0 aliphatic heterocycles. The highest BCUT2D eigenvalue weighted by Crippen LogP contribution is 2.34. The summed E-state index contributed by atoms with van der Waals surface area (Å²) < 4.78 is 24.7. The van der Waals surface area contributed by atoms with E-state index in [1.807, 2.05) is 62.4 Å². The number of nitrogens with zero attached hydrogens (tertiary/aromatic N) is 2. The summed E-state index contributed by atoms with van der Waals surface area (Å²) in [5.74, 6) is -0.661. The van der Waals surface area contributed by atoms with E-state index in [2.05, 4.69) is 36.0 Å². The van der Waals surface area contributed by atoms with Crippen LogP contribution in [-0.4, -0.2) is 67.8 Å². The van der Waals surface area contributed by atoms with Crippen LogP contribution >= 0.6 is 0 Å². The summed E-state index contributed by atoms with van der Waals surface area (Å²) in [7, 11) is -3.19. The van der Waals surface area contributed by atoms with Gasteiger partial charge in [-0.25, -0.2) is 13.1 Å². The third-order valence-electron chi connectivity index (χ3n) is 7.41. The first-order valence-electron chi connectivity index (χ1n) is 15.2. The highest BCUT2D eigenvalue weighted by molar-refractivity contribution is 7.88. The number of hydrogen-bond donors (Lipinski definition) is 6. The number of carbonyl (C=O) groups excluding carboxylic acids is 2. The minimum atomic E-state index is -3.19. The fourth-order valence-corrected chi connectivity index (χ4v) is 5.36. The minimum absolute atomic E-state index is 0.0510. The number of carbonyl (C=O) groups is 2. The van der Waals surface area contributed by atoms with Crippen LogP contribution in [0, 0.1) is 13.8 Å². The minimum Gasteiger partial charge on any atom is -0.395 e. The zero-order valence-electron chi connectivity index (χ0n) is 26.8. The Bertz CT molecular complexity index is 1780. The van der Waals surface area contributed by atoms with E-state index in [-0.39, 0.29) is 24.1 Å². The molecule has 2 aromatic heterocycles. The Kier molecular flexibility index (Phi) is 12.7. The summed E-state index contributed by atoms with van der Waals surface area (Å²) in [5.41, 5.74) is 7.24. The second kappa shape index (κ2) is 16.9. The average molecular weight is 660 g/mol. The molecule has 0 unspecified atom stereocenters. The number of hydrogen-bond acceptors (Lipinski definition) is 9. The van der Waals surface area contributed by atoms with E-state index in [4.69, 9.17) is 5.11 Å². The van der Waals surface area contributed by atoms with Crippen LogP contribution in [0.5, 0.6) is 0 Å². The molecule has 2 aromatic carbocycles. The van der Waals surface area contributed by atoms with Crippen LogP contribution in [-0.2, 0) is 23.1 Å². The number of benzene rings is 2. The molecule has 13 heteroatoms. The number of nitrogens with one attached hydrogen (secondary N) is 5. The second-order valence-electron chi connectivity index (χ2n) is 11.1. The molecule has 248 valence electrons. The van der Waals surface area contributed by atoms with Crippen molar-refractivity contribution in [3.63, 3.8) is 0 Å². The number of aliphatic hydroxyl groups excluding tert-OH is 1. The molecule has 0 saturated heterocycles. The summed E-state index contributed by atoms with van der Waals surface area (Å²) >= 11 is 0. The predicted molar refractivity (Wildman–Crippen MR) is 184 cm³/mol. The van der Waals surface area contributed by atoms with Gasteiger partial charge >= 0.3 is 0 Å². The number of pyridine rings is 2. The fraction of sp³-hybridized carbons (Fsp3) is 0.294. The van der Waals surface area contributed by atoms with Crippen molar-refractivity contribution in [2.24, 2.45) is 0 Å². The van der Waals surface area contributed by atoms with Crippen LogP contribution in [0.4, 0.5) is 11.4 Å². The summed E-state index contributed by atoms with van der Waals surface area (Å²) in [5, 5.41) is 21.2. The molecule has 0 spiro atoms. The van der Waals surface area contributed by atoms with Crippen molar-refractivity contribution >= 4 is 33.2 Å². The molecule has 0 fully saturated rings. The van der Waals surface area contributed by atoms with Gasteiger partial charge in [0.05, 0.1) is 12.9 Å². The first-order chi connectivity index (χ1) is 22.6. The fourth-order valence-electron chi connectivity index (χ4n) is 4.84. The molecule has 0 aliphatic carbocycles. The van der Waals surface area contributed by atoms with Gasteiger partial charge in [0.1, 0.15) is 11.4 Å². The van der Waals surface area contributed by atoms with Crippen LogP contribution in [0.2, 0.25) is 0 Å². The maximum absolute atomic E-state index is 13.1. The molecule has 12 nitrogen and oxygen atoms in total. The maximum atomic E-state index is 13.1. The van der Waals surface area contributed by atoms with E-state index >= 15 is 0 Å². The van der Waals surface area contributed by atoms with Crippen molar-refractivity contribution in [2.45, 2.75) is 33.4 Å². The Hall–Kier alpha value is -4.53. The monoisotopic (exact) mass is 659 g/mol. The van der Waals surface area contributed by atoms with Crippen LogP contribution in [0.3, 0.4) is 0 Å². The first kappa shape index (κ1) is 35.3. The largest absolute Gasteiger partial charge is 0.395 e. The van der Waals surface area contributed by atoms with E-state index in [9.17, 15) is 18.0 Å². The highest BCUT2D eigenvalue weighted by Gasteiger charge is 2.16. The van der Waals surface area contributed by atoms with Gasteiger partial charge in [0.25, 0.3) is 11.8 Å². The van der Waals surface area contributed by atoms with Gasteiger partial charge in [-0.3, -0.25) is 19.6 Å². The lowest BCUT2D eigenvalue weighted by Gasteiger charge is -2.17. The normalized spacial score (nSPS) is 11.3. The van der Waals surface area contributed by atoms with Crippen LogP contribution in [0.25, 0.3) is 11.1 Å². The molecular formula is C34H41N7O5S. The van der Waals surface area contributed by atoms with Crippen LogP contribution in [0.1, 0.15) is 49.7 Å². The van der Waals surface area contributed by atoms with Crippen LogP contribution in [0.15, 0.2) is 73.1 Å². The predicted octanol–water partition coefficient (Wildman–Crippen LogP) is 3.38. The molecule has 4 rings (SSSR count). The van der Waals surface area contributed by atoms with Crippen molar-refractivity contribution in [3.8, 4) is 11.1 Å². The molecule has 0 aliphatic rings. The molecule has 2 heterocycles. The number of anilines is 2. The molecule has 47 heavy (non-hydrogen) atoms. The van der Waals surface area contributed by atoms with Gasteiger partial charge in [0.2, 0.25) is 10.0 Å². The van der Waals surface area contributed by atoms with E-state index in [0.29, 0.717) is 56.2 Å². The van der Waals surface area contributed by atoms with Crippen molar-refractivity contribution < 1.29 is 23.1 Å². The van der Waals surface area contributed by atoms with Gasteiger partial charge in [0.15, 0.2) is 0 Å². The van der Waals surface area contributed by atoms with E-state index in [0.717, 1.165) is 39.6 Å². The van der Waals surface area contributed by atoms with Gasteiger partial charge in [-0.15, -0.1) is 0 Å². The lowest BCUT2D eigenvalue weighted by Crippen LogP contribution is -2.26. The number of aromatic nitrogens is 2. The topological polar surface area (TPSA) is 174 Å². The third kappa shape index (κ3) is 10.5. The van der Waals surface area contributed by atoms with Crippen molar-refractivity contribution in [1.29, 1.82) is 0 Å². The number of rotatable bonds is 16. The smallest absolute Gasteiger partial charge is 0.274 e. The zero-order valence-corrected chi connectivity index (χ0v) is 27.6. The average Bonchev–Trinajstić information content (AvgIpc) is 3.05. The maximum Gasteiger partial charge on any atom is 0.274 e. The molecule has 4 aromatic rings. The van der Waals surface area contributed by atoms with Crippen LogP contribution < -0.4 is 26.0 Å². The Balaban J connectivity index is 1.38. The first-order valence-corrected chi connectivity index (χ1v) is 17.1. The summed E-state index contributed by atoms with van der Waals surface area (Å²) in [4.78, 5) is 34.7. The van der Waals surface area contributed by atoms with Gasteiger partial charge < -0.3 is 26.4 Å². The Morgan fingerprint density at radius 3 is 1.62 bits per heavy atom. The lowest BCUT2D eigenvalue weighted by molar-refractivity contribution is 0.101. The molecule has 0 saturated carbocycles. The van der Waals surface area contributed by atoms with Gasteiger partial charge in [-0.1, -0.05) is 36.4 Å². The molecule has 6 N–H and O–H groups in total. The van der Waals surface area contributed by atoms with Crippen molar-refractivity contribution in [3.05, 3.63) is 107 Å². The number of sulfonamides is 1. The molecular weight excluding hydrogens is 618 g/mol. The zero-order chi connectivity index (χ0) is 33.8. The Morgan fingerprint density at radius 2 is 1.19 bits per heavy atom. The van der Waals surface area contributed by atoms with E-state index in [1.54, 1.807) is 24.5 Å². The molecule has 2 amide bonds. The molecule has 0 bridgehead atoms. The van der Waals surface area contributed by atoms with Gasteiger partial charge in [-0.05, 0) is 84.5 Å². The van der Waals surface area contributed by atoms with Crippen molar-refractivity contribution in [2.75, 3.05) is 43.1 Å². The van der Waals surface area contributed by atoms with E-state index in [1.165, 1.54) is 0 Å². The third-order valence-corrected chi connectivity index (χ3v) is 8.14. The summed E-state index contributed by atoms with van der Waals surface area (Å²) in [6, 6.07) is 18.4. The number of aliphatic hydroxyl groups is 1. The molecule has 0 radical (unpaired) electrons.